The Kier molecular flexibility index (Phi) is 9.29. The predicted octanol–water partition coefficient (Wildman–Crippen LogP) is 2.85. The molecular weight excluding hydrogens is 522 g/mol. The number of carbonyl (C=O) groups is 2. The van der Waals surface area contributed by atoms with Crippen molar-refractivity contribution in [3.05, 3.63) is 40.7 Å². The number of esters is 1. The molecule has 11 nitrogen and oxygen atoms in total. The second-order valence-electron chi connectivity index (χ2n) is 7.55. The lowest BCUT2D eigenvalue weighted by atomic mass is 10.1. The summed E-state index contributed by atoms with van der Waals surface area (Å²) in [5.74, 6) is 0.0610. The molecule has 0 aliphatic heterocycles. The highest BCUT2D eigenvalue weighted by atomic mass is 32.2. The number of hydrogen-bond acceptors (Lipinski definition) is 9. The number of primary sulfonamides is 1. The maximum Gasteiger partial charge on any atom is 0.307 e. The predicted molar refractivity (Wildman–Crippen MR) is 138 cm³/mol. The van der Waals surface area contributed by atoms with E-state index in [2.05, 4.69) is 4.99 Å². The average molecular weight is 552 g/mol. The highest BCUT2D eigenvalue weighted by molar-refractivity contribution is 7.89. The second-order valence-corrected chi connectivity index (χ2v) is 10.1. The first-order chi connectivity index (χ1) is 17.6. The minimum absolute atomic E-state index is 0.0205. The summed E-state index contributed by atoms with van der Waals surface area (Å²) in [6.07, 6.45) is 0.0205. The average Bonchev–Trinajstić information content (AvgIpc) is 3.20. The first kappa shape index (κ1) is 28.2. The van der Waals surface area contributed by atoms with Gasteiger partial charge in [-0.15, -0.1) is 0 Å². The molecule has 0 spiro atoms. The van der Waals surface area contributed by atoms with Crippen LogP contribution in [0.4, 0.5) is 0 Å². The van der Waals surface area contributed by atoms with Crippen molar-refractivity contribution in [3.63, 3.8) is 0 Å². The normalized spacial score (nSPS) is 12.0. The SMILES string of the molecule is CCOc1cc(C(=O)N=c2sc3cc(S(N)(=O)=O)ccc3n2CCC(=O)OC)cc(OCC)c1OCC. The van der Waals surface area contributed by atoms with Gasteiger partial charge < -0.3 is 23.5 Å². The van der Waals surface area contributed by atoms with E-state index in [-0.39, 0.29) is 28.2 Å². The van der Waals surface area contributed by atoms with E-state index in [0.29, 0.717) is 47.3 Å². The molecule has 0 aliphatic rings. The molecule has 0 saturated carbocycles. The van der Waals surface area contributed by atoms with E-state index in [1.165, 1.54) is 31.4 Å². The Bertz CT molecular complexity index is 1450. The Morgan fingerprint density at radius 2 is 1.62 bits per heavy atom. The van der Waals surface area contributed by atoms with Gasteiger partial charge in [-0.25, -0.2) is 13.6 Å². The van der Waals surface area contributed by atoms with Crippen molar-refractivity contribution in [1.82, 2.24) is 4.57 Å². The first-order valence-electron chi connectivity index (χ1n) is 11.5. The van der Waals surface area contributed by atoms with Gasteiger partial charge >= 0.3 is 5.97 Å². The van der Waals surface area contributed by atoms with Gasteiger partial charge in [0.05, 0.1) is 48.5 Å². The second kappa shape index (κ2) is 12.2. The van der Waals surface area contributed by atoms with Crippen LogP contribution in [0.2, 0.25) is 0 Å². The van der Waals surface area contributed by atoms with E-state index >= 15 is 0 Å². The van der Waals surface area contributed by atoms with Gasteiger partial charge in [0.15, 0.2) is 16.3 Å². The van der Waals surface area contributed by atoms with E-state index < -0.39 is 21.9 Å². The van der Waals surface area contributed by atoms with Gasteiger partial charge in [0, 0.05) is 12.1 Å². The number of benzene rings is 2. The maximum absolute atomic E-state index is 13.3. The molecule has 0 unspecified atom stereocenters. The third kappa shape index (κ3) is 6.67. The van der Waals surface area contributed by atoms with Crippen LogP contribution in [0.15, 0.2) is 40.2 Å². The van der Waals surface area contributed by atoms with Gasteiger partial charge in [0.25, 0.3) is 5.91 Å². The van der Waals surface area contributed by atoms with Crippen LogP contribution in [0.5, 0.6) is 17.2 Å². The highest BCUT2D eigenvalue weighted by Crippen LogP contribution is 2.39. The first-order valence-corrected chi connectivity index (χ1v) is 13.9. The number of methoxy groups -OCH3 is 1. The smallest absolute Gasteiger partial charge is 0.307 e. The monoisotopic (exact) mass is 551 g/mol. The molecule has 3 aromatic rings. The number of thiazole rings is 1. The summed E-state index contributed by atoms with van der Waals surface area (Å²) >= 11 is 1.09. The van der Waals surface area contributed by atoms with Gasteiger partial charge in [-0.1, -0.05) is 11.3 Å². The minimum atomic E-state index is -3.94. The van der Waals surface area contributed by atoms with Gasteiger partial charge in [0.2, 0.25) is 15.8 Å². The molecule has 2 aromatic carbocycles. The highest BCUT2D eigenvalue weighted by Gasteiger charge is 2.19. The van der Waals surface area contributed by atoms with E-state index in [0.717, 1.165) is 11.3 Å². The molecule has 0 bridgehead atoms. The molecule has 3 rings (SSSR count). The van der Waals surface area contributed by atoms with E-state index in [4.69, 9.17) is 24.1 Å². The Morgan fingerprint density at radius 1 is 1.00 bits per heavy atom. The molecule has 13 heteroatoms. The zero-order chi connectivity index (χ0) is 27.2. The van der Waals surface area contributed by atoms with E-state index in [9.17, 15) is 18.0 Å². The van der Waals surface area contributed by atoms with Gasteiger partial charge in [0.1, 0.15) is 0 Å². The lowest BCUT2D eigenvalue weighted by Gasteiger charge is -2.16. The number of amides is 1. The third-order valence-corrected chi connectivity index (χ3v) is 7.06. The standard InChI is InChI=1S/C24H29N3O8S2/c1-5-33-18-12-15(13-19(34-6-2)22(18)35-7-3)23(29)26-24-27(11-10-21(28)32-4)17-9-8-16(37(25,30)31)14-20(17)36-24/h8-9,12-14H,5-7,10-11H2,1-4H3,(H2,25,30,31). The number of hydrogen-bond donors (Lipinski definition) is 1. The molecule has 37 heavy (non-hydrogen) atoms. The molecule has 0 radical (unpaired) electrons. The molecule has 2 N–H and O–H groups in total. The zero-order valence-corrected chi connectivity index (χ0v) is 22.6. The molecule has 200 valence electrons. The Balaban J connectivity index is 2.17. The van der Waals surface area contributed by atoms with Crippen LogP contribution < -0.4 is 24.2 Å². The Morgan fingerprint density at radius 3 is 2.16 bits per heavy atom. The van der Waals surface area contributed by atoms with Crippen LogP contribution >= 0.6 is 11.3 Å². The lowest BCUT2D eigenvalue weighted by molar-refractivity contribution is -0.140. The summed E-state index contributed by atoms with van der Waals surface area (Å²) in [5.41, 5.74) is 0.794. The van der Waals surface area contributed by atoms with Crippen molar-refractivity contribution in [1.29, 1.82) is 0 Å². The summed E-state index contributed by atoms with van der Waals surface area (Å²) in [5, 5.41) is 5.27. The van der Waals surface area contributed by atoms with Crippen molar-refractivity contribution in [2.45, 2.75) is 38.6 Å². The Labute approximate surface area is 218 Å². The van der Waals surface area contributed by atoms with Gasteiger partial charge in [-0.05, 0) is 51.1 Å². The molecule has 0 aliphatic carbocycles. The molecule has 1 heterocycles. The van der Waals surface area contributed by atoms with Crippen LogP contribution in [0, 0.1) is 0 Å². The summed E-state index contributed by atoms with van der Waals surface area (Å²) in [4.78, 5) is 29.6. The quantitative estimate of drug-likeness (QED) is 0.358. The number of fused-ring (bicyclic) bond motifs is 1. The fraction of sp³-hybridized carbons (Fsp3) is 0.375. The number of nitrogens with two attached hydrogens (primary N) is 1. The summed E-state index contributed by atoms with van der Waals surface area (Å²) in [6.45, 7) is 6.67. The van der Waals surface area contributed by atoms with Crippen LogP contribution in [-0.4, -0.2) is 51.8 Å². The van der Waals surface area contributed by atoms with Crippen molar-refractivity contribution < 1.29 is 37.0 Å². The third-order valence-electron chi connectivity index (χ3n) is 5.10. The number of sulfonamides is 1. The van der Waals surface area contributed by atoms with Crippen LogP contribution in [-0.2, 0) is 26.1 Å². The number of aromatic nitrogens is 1. The van der Waals surface area contributed by atoms with E-state index in [1.807, 2.05) is 20.8 Å². The van der Waals surface area contributed by atoms with E-state index in [1.54, 1.807) is 10.6 Å². The van der Waals surface area contributed by atoms with Crippen LogP contribution in [0.3, 0.4) is 0 Å². The van der Waals surface area contributed by atoms with Crippen molar-refractivity contribution in [3.8, 4) is 17.2 Å². The molecule has 0 saturated heterocycles. The minimum Gasteiger partial charge on any atom is -0.490 e. The van der Waals surface area contributed by atoms with Crippen LogP contribution in [0.25, 0.3) is 10.2 Å². The van der Waals surface area contributed by atoms with Gasteiger partial charge in [-0.2, -0.15) is 4.99 Å². The molecule has 0 atom stereocenters. The number of aryl methyl sites for hydroxylation is 1. The molecule has 1 aromatic heterocycles. The van der Waals surface area contributed by atoms with Gasteiger partial charge in [-0.3, -0.25) is 9.59 Å². The topological polar surface area (TPSA) is 149 Å². The zero-order valence-electron chi connectivity index (χ0n) is 21.0. The van der Waals surface area contributed by atoms with Crippen molar-refractivity contribution >= 4 is 43.5 Å². The number of rotatable bonds is 11. The number of carbonyl (C=O) groups excluding carboxylic acids is 2. The Hall–Kier alpha value is -3.42. The number of nitrogens with zero attached hydrogens (tertiary/aromatic N) is 2. The van der Waals surface area contributed by atoms with Crippen molar-refractivity contribution in [2.75, 3.05) is 26.9 Å². The summed E-state index contributed by atoms with van der Waals surface area (Å²) < 4.78 is 47.7. The maximum atomic E-state index is 13.3. The molecule has 1 amide bonds. The summed E-state index contributed by atoms with van der Waals surface area (Å²) in [7, 11) is -2.66. The molecule has 0 fully saturated rings. The number of ether oxygens (including phenoxy) is 4. The van der Waals surface area contributed by atoms with Crippen LogP contribution in [0.1, 0.15) is 37.6 Å². The summed E-state index contributed by atoms with van der Waals surface area (Å²) in [6, 6.07) is 7.40. The molecular formula is C24H29N3O8S2. The fourth-order valence-electron chi connectivity index (χ4n) is 3.50. The fourth-order valence-corrected chi connectivity index (χ4v) is 5.21. The van der Waals surface area contributed by atoms with Crippen molar-refractivity contribution in [2.24, 2.45) is 10.1 Å². The largest absolute Gasteiger partial charge is 0.490 e. The lowest BCUT2D eigenvalue weighted by Crippen LogP contribution is -2.19.